The molecule has 0 aliphatic carbocycles. The molecule has 0 spiro atoms. The summed E-state index contributed by atoms with van der Waals surface area (Å²) in [6.45, 7) is 0.344. The van der Waals surface area contributed by atoms with Gasteiger partial charge in [-0.25, -0.2) is 8.42 Å². The lowest BCUT2D eigenvalue weighted by Gasteiger charge is -2.21. The maximum absolute atomic E-state index is 13.2. The minimum Gasteiger partial charge on any atom is -0.490 e. The number of sulfonamides is 1. The maximum atomic E-state index is 13.2. The molecule has 1 saturated heterocycles. The summed E-state index contributed by atoms with van der Waals surface area (Å²) in [5.74, 6) is -0.532. The van der Waals surface area contributed by atoms with E-state index in [1.807, 2.05) is 0 Å². The van der Waals surface area contributed by atoms with Crippen LogP contribution >= 0.6 is 0 Å². The molecule has 1 atom stereocenters. The second kappa shape index (κ2) is 6.81. The summed E-state index contributed by atoms with van der Waals surface area (Å²) in [7, 11) is -2.71. The molecule has 0 amide bonds. The van der Waals surface area contributed by atoms with E-state index in [1.165, 1.54) is 7.05 Å². The fraction of sp³-hybridized carbons (Fsp3) is 0.294. The van der Waals surface area contributed by atoms with Gasteiger partial charge >= 0.3 is 6.18 Å². The fourth-order valence-corrected chi connectivity index (χ4v) is 3.51. The first-order valence-electron chi connectivity index (χ1n) is 7.69. The number of anilines is 1. The van der Waals surface area contributed by atoms with Gasteiger partial charge in [-0.1, -0.05) is 18.2 Å². The van der Waals surface area contributed by atoms with E-state index in [0.29, 0.717) is 12.3 Å². The van der Waals surface area contributed by atoms with Crippen LogP contribution < -0.4 is 9.04 Å². The Morgan fingerprint density at radius 3 is 2.42 bits per heavy atom. The van der Waals surface area contributed by atoms with Gasteiger partial charge in [0.25, 0.3) is 10.0 Å². The molecule has 3 rings (SSSR count). The fourth-order valence-electron chi connectivity index (χ4n) is 2.30. The van der Waals surface area contributed by atoms with Crippen molar-refractivity contribution in [1.29, 1.82) is 0 Å². The van der Waals surface area contributed by atoms with Crippen molar-refractivity contribution in [2.24, 2.45) is 0 Å². The highest BCUT2D eigenvalue weighted by atomic mass is 32.2. The summed E-state index contributed by atoms with van der Waals surface area (Å²) < 4.78 is 76.1. The third kappa shape index (κ3) is 3.94. The number of hydrogen-bond acceptors (Lipinski definition) is 4. The van der Waals surface area contributed by atoms with Crippen LogP contribution in [0, 0.1) is 0 Å². The molecular formula is C17H16F3NO4S. The molecule has 0 saturated carbocycles. The zero-order chi connectivity index (χ0) is 18.9. The normalized spacial score (nSPS) is 17.0. The number of hydrogen-bond donors (Lipinski definition) is 0. The van der Waals surface area contributed by atoms with Crippen molar-refractivity contribution in [3.8, 4) is 5.75 Å². The van der Waals surface area contributed by atoms with Crippen LogP contribution in [0.4, 0.5) is 18.9 Å². The standard InChI is InChI=1S/C17H16F3NO4S/c1-21(12-5-3-2-4-6-12)26(22,23)14-7-8-15(17(18,19)20)16(9-14)25-11-13-10-24-13/h2-9,13H,10-11H2,1H3. The number of halogens is 3. The van der Waals surface area contributed by atoms with Crippen LogP contribution in [0.15, 0.2) is 53.4 Å². The Balaban J connectivity index is 1.97. The third-order valence-electron chi connectivity index (χ3n) is 3.86. The molecule has 26 heavy (non-hydrogen) atoms. The molecule has 1 unspecified atom stereocenters. The third-order valence-corrected chi connectivity index (χ3v) is 5.65. The molecule has 1 aliphatic rings. The SMILES string of the molecule is CN(c1ccccc1)S(=O)(=O)c1ccc(C(F)(F)F)c(OCC2CO2)c1. The monoisotopic (exact) mass is 387 g/mol. The lowest BCUT2D eigenvalue weighted by molar-refractivity contribution is -0.139. The van der Waals surface area contributed by atoms with Crippen molar-refractivity contribution < 1.29 is 31.1 Å². The van der Waals surface area contributed by atoms with E-state index >= 15 is 0 Å². The molecule has 5 nitrogen and oxygen atoms in total. The minimum absolute atomic E-state index is 0.0683. The van der Waals surface area contributed by atoms with Gasteiger partial charge in [-0.2, -0.15) is 13.2 Å². The predicted molar refractivity (Wildman–Crippen MR) is 88.7 cm³/mol. The van der Waals surface area contributed by atoms with E-state index < -0.39 is 27.5 Å². The first-order chi connectivity index (χ1) is 12.2. The Bertz CT molecular complexity index is 881. The number of benzene rings is 2. The lowest BCUT2D eigenvalue weighted by Crippen LogP contribution is -2.26. The summed E-state index contributed by atoms with van der Waals surface area (Å²) in [6, 6.07) is 10.8. The Hall–Kier alpha value is -2.26. The van der Waals surface area contributed by atoms with E-state index in [-0.39, 0.29) is 17.6 Å². The number of alkyl halides is 3. The second-order valence-electron chi connectivity index (χ2n) is 5.73. The number of ether oxygens (including phenoxy) is 2. The van der Waals surface area contributed by atoms with Gasteiger partial charge in [-0.3, -0.25) is 4.31 Å². The van der Waals surface area contributed by atoms with Gasteiger partial charge in [-0.15, -0.1) is 0 Å². The van der Waals surface area contributed by atoms with Crippen molar-refractivity contribution in [3.05, 3.63) is 54.1 Å². The highest BCUT2D eigenvalue weighted by Crippen LogP contribution is 2.38. The molecule has 0 N–H and O–H groups in total. The zero-order valence-corrected chi connectivity index (χ0v) is 14.5. The molecular weight excluding hydrogens is 371 g/mol. The minimum atomic E-state index is -4.66. The van der Waals surface area contributed by atoms with Gasteiger partial charge in [0.2, 0.25) is 0 Å². The van der Waals surface area contributed by atoms with Crippen molar-refractivity contribution >= 4 is 15.7 Å². The molecule has 2 aromatic carbocycles. The van der Waals surface area contributed by atoms with Gasteiger partial charge in [-0.05, 0) is 24.3 Å². The highest BCUT2D eigenvalue weighted by molar-refractivity contribution is 7.92. The van der Waals surface area contributed by atoms with E-state index in [0.717, 1.165) is 22.5 Å². The Kier molecular flexibility index (Phi) is 4.85. The van der Waals surface area contributed by atoms with Gasteiger partial charge in [0.15, 0.2) is 0 Å². The highest BCUT2D eigenvalue weighted by Gasteiger charge is 2.36. The Morgan fingerprint density at radius 2 is 1.85 bits per heavy atom. The average molecular weight is 387 g/mol. The van der Waals surface area contributed by atoms with Crippen LogP contribution in [-0.2, 0) is 20.9 Å². The van der Waals surface area contributed by atoms with Crippen LogP contribution in [0.5, 0.6) is 5.75 Å². The van der Waals surface area contributed by atoms with Gasteiger partial charge in [0, 0.05) is 13.1 Å². The van der Waals surface area contributed by atoms with Crippen LogP contribution in [0.1, 0.15) is 5.56 Å². The molecule has 2 aromatic rings. The van der Waals surface area contributed by atoms with E-state index in [2.05, 4.69) is 0 Å². The van der Waals surface area contributed by atoms with Gasteiger partial charge in [0.05, 0.1) is 22.8 Å². The number of rotatable bonds is 6. The van der Waals surface area contributed by atoms with Crippen molar-refractivity contribution in [2.75, 3.05) is 24.6 Å². The van der Waals surface area contributed by atoms with Crippen molar-refractivity contribution in [1.82, 2.24) is 0 Å². The summed E-state index contributed by atoms with van der Waals surface area (Å²) in [6.07, 6.45) is -4.92. The Morgan fingerprint density at radius 1 is 1.19 bits per heavy atom. The smallest absolute Gasteiger partial charge is 0.419 e. The van der Waals surface area contributed by atoms with E-state index in [1.54, 1.807) is 30.3 Å². The molecule has 9 heteroatoms. The lowest BCUT2D eigenvalue weighted by atomic mass is 10.2. The molecule has 1 fully saturated rings. The van der Waals surface area contributed by atoms with E-state index in [9.17, 15) is 21.6 Å². The van der Waals surface area contributed by atoms with Crippen LogP contribution in [-0.4, -0.2) is 34.8 Å². The summed E-state index contributed by atoms with van der Waals surface area (Å²) >= 11 is 0. The second-order valence-corrected chi connectivity index (χ2v) is 7.70. The van der Waals surface area contributed by atoms with Crippen LogP contribution in [0.2, 0.25) is 0 Å². The molecule has 0 aromatic heterocycles. The number of para-hydroxylation sites is 1. The number of epoxide rings is 1. The average Bonchev–Trinajstić information content (AvgIpc) is 3.43. The first-order valence-corrected chi connectivity index (χ1v) is 9.13. The zero-order valence-electron chi connectivity index (χ0n) is 13.7. The summed E-state index contributed by atoms with van der Waals surface area (Å²) in [5.41, 5.74) is -0.638. The maximum Gasteiger partial charge on any atom is 0.419 e. The van der Waals surface area contributed by atoms with Crippen molar-refractivity contribution in [2.45, 2.75) is 17.2 Å². The van der Waals surface area contributed by atoms with E-state index in [4.69, 9.17) is 9.47 Å². The van der Waals surface area contributed by atoms with Crippen LogP contribution in [0.3, 0.4) is 0 Å². The molecule has 0 radical (unpaired) electrons. The quantitative estimate of drug-likeness (QED) is 0.714. The molecule has 1 aliphatic heterocycles. The van der Waals surface area contributed by atoms with Crippen molar-refractivity contribution in [3.63, 3.8) is 0 Å². The summed E-state index contributed by atoms with van der Waals surface area (Å²) in [5, 5.41) is 0. The van der Waals surface area contributed by atoms with Gasteiger partial charge in [0.1, 0.15) is 18.5 Å². The first kappa shape index (κ1) is 18.5. The molecule has 140 valence electrons. The molecule has 1 heterocycles. The molecule has 0 bridgehead atoms. The Labute approximate surface area is 149 Å². The van der Waals surface area contributed by atoms with Gasteiger partial charge < -0.3 is 9.47 Å². The van der Waals surface area contributed by atoms with Crippen LogP contribution in [0.25, 0.3) is 0 Å². The predicted octanol–water partition coefficient (Wildman–Crippen LogP) is 3.31. The largest absolute Gasteiger partial charge is 0.490 e. The topological polar surface area (TPSA) is 59.1 Å². The summed E-state index contributed by atoms with van der Waals surface area (Å²) in [4.78, 5) is -0.288. The number of nitrogens with zero attached hydrogens (tertiary/aromatic N) is 1.